The first-order valence-corrected chi connectivity index (χ1v) is 4.60. The first-order chi connectivity index (χ1) is 6.45. The molecule has 0 bridgehead atoms. The van der Waals surface area contributed by atoms with Crippen LogP contribution >= 0.6 is 0 Å². The fourth-order valence-electron chi connectivity index (χ4n) is 2.01. The third-order valence-corrected chi connectivity index (χ3v) is 3.24. The minimum atomic E-state index is -0.347. The van der Waals surface area contributed by atoms with Gasteiger partial charge in [0.2, 0.25) is 0 Å². The molecule has 0 heterocycles. The molecule has 1 saturated carbocycles. The van der Waals surface area contributed by atoms with Gasteiger partial charge in [0.05, 0.1) is 26.1 Å². The van der Waals surface area contributed by atoms with Gasteiger partial charge in [-0.05, 0) is 11.8 Å². The topological polar surface area (TPSA) is 52.6 Å². The number of rotatable bonds is 2. The van der Waals surface area contributed by atoms with Gasteiger partial charge in [-0.1, -0.05) is 13.8 Å². The van der Waals surface area contributed by atoms with Crippen LogP contribution in [0, 0.1) is 17.3 Å². The molecule has 14 heavy (non-hydrogen) atoms. The highest BCUT2D eigenvalue weighted by Crippen LogP contribution is 2.52. The van der Waals surface area contributed by atoms with E-state index in [0.717, 1.165) is 0 Å². The van der Waals surface area contributed by atoms with Crippen molar-refractivity contribution in [2.75, 3.05) is 14.2 Å². The summed E-state index contributed by atoms with van der Waals surface area (Å²) in [6, 6.07) is 0. The second-order valence-corrected chi connectivity index (χ2v) is 4.21. The minimum absolute atomic E-state index is 0.184. The molecule has 2 unspecified atom stereocenters. The molecule has 0 aromatic heterocycles. The summed E-state index contributed by atoms with van der Waals surface area (Å²) in [6.45, 7) is 3.78. The van der Waals surface area contributed by atoms with E-state index in [4.69, 9.17) is 0 Å². The van der Waals surface area contributed by atoms with Crippen molar-refractivity contribution < 1.29 is 19.1 Å². The van der Waals surface area contributed by atoms with E-state index in [-0.39, 0.29) is 29.2 Å². The normalized spacial score (nSPS) is 28.9. The number of carbonyl (C=O) groups excluding carboxylic acids is 2. The molecule has 1 rings (SSSR count). The van der Waals surface area contributed by atoms with Gasteiger partial charge in [-0.15, -0.1) is 0 Å². The molecular weight excluding hydrogens is 184 g/mol. The lowest BCUT2D eigenvalue weighted by atomic mass is 9.55. The van der Waals surface area contributed by atoms with E-state index in [1.54, 1.807) is 0 Å². The quantitative estimate of drug-likeness (QED) is 0.624. The molecule has 0 spiro atoms. The van der Waals surface area contributed by atoms with E-state index in [2.05, 4.69) is 9.47 Å². The van der Waals surface area contributed by atoms with Crippen LogP contribution in [-0.2, 0) is 19.1 Å². The molecule has 0 saturated heterocycles. The molecule has 0 aromatic rings. The third kappa shape index (κ3) is 1.49. The van der Waals surface area contributed by atoms with Crippen LogP contribution in [0.4, 0.5) is 0 Å². The van der Waals surface area contributed by atoms with E-state index < -0.39 is 0 Å². The zero-order valence-electron chi connectivity index (χ0n) is 8.99. The van der Waals surface area contributed by atoms with E-state index in [1.165, 1.54) is 14.2 Å². The van der Waals surface area contributed by atoms with Crippen LogP contribution in [0.15, 0.2) is 0 Å². The van der Waals surface area contributed by atoms with Crippen LogP contribution in [0.5, 0.6) is 0 Å². The summed E-state index contributed by atoms with van der Waals surface area (Å²) in [5, 5.41) is 0. The van der Waals surface area contributed by atoms with Gasteiger partial charge in [0.15, 0.2) is 0 Å². The van der Waals surface area contributed by atoms with Crippen LogP contribution in [-0.4, -0.2) is 26.2 Å². The molecule has 0 aromatic carbocycles. The smallest absolute Gasteiger partial charge is 0.309 e. The number of ether oxygens (including phenoxy) is 2. The molecule has 1 aliphatic carbocycles. The number of hydrogen-bond donors (Lipinski definition) is 0. The Kier molecular flexibility index (Phi) is 2.83. The molecule has 0 amide bonds. The highest BCUT2D eigenvalue weighted by Gasteiger charge is 2.56. The SMILES string of the molecule is COC(=O)C1CC(C(=O)OC)C1(C)C. The monoisotopic (exact) mass is 200 g/mol. The highest BCUT2D eigenvalue weighted by atomic mass is 16.5. The Bertz CT molecular complexity index is 233. The van der Waals surface area contributed by atoms with Gasteiger partial charge in [-0.25, -0.2) is 0 Å². The third-order valence-electron chi connectivity index (χ3n) is 3.24. The van der Waals surface area contributed by atoms with Crippen molar-refractivity contribution >= 4 is 11.9 Å². The maximum absolute atomic E-state index is 11.3. The second kappa shape index (κ2) is 3.59. The van der Waals surface area contributed by atoms with Gasteiger partial charge in [-0.2, -0.15) is 0 Å². The summed E-state index contributed by atoms with van der Waals surface area (Å²) in [6.07, 6.45) is 0.534. The Morgan fingerprint density at radius 3 is 1.64 bits per heavy atom. The fraction of sp³-hybridized carbons (Fsp3) is 0.800. The van der Waals surface area contributed by atoms with Crippen LogP contribution in [0.1, 0.15) is 20.3 Å². The Labute approximate surface area is 83.6 Å². The van der Waals surface area contributed by atoms with Crippen molar-refractivity contribution in [3.63, 3.8) is 0 Å². The number of carbonyl (C=O) groups is 2. The average molecular weight is 200 g/mol. The molecule has 4 nitrogen and oxygen atoms in total. The summed E-state index contributed by atoms with van der Waals surface area (Å²) in [4.78, 5) is 22.6. The predicted molar refractivity (Wildman–Crippen MR) is 49.4 cm³/mol. The summed E-state index contributed by atoms with van der Waals surface area (Å²) >= 11 is 0. The van der Waals surface area contributed by atoms with E-state index >= 15 is 0 Å². The van der Waals surface area contributed by atoms with E-state index in [1.807, 2.05) is 13.8 Å². The lowest BCUT2D eigenvalue weighted by Crippen LogP contribution is -2.52. The van der Waals surface area contributed by atoms with Crippen LogP contribution in [0.25, 0.3) is 0 Å². The van der Waals surface area contributed by atoms with Crippen LogP contribution < -0.4 is 0 Å². The maximum Gasteiger partial charge on any atom is 0.309 e. The Balaban J connectivity index is 2.68. The summed E-state index contributed by atoms with van der Waals surface area (Å²) in [5.74, 6) is -0.849. The first kappa shape index (κ1) is 11.0. The van der Waals surface area contributed by atoms with Crippen molar-refractivity contribution in [1.82, 2.24) is 0 Å². The van der Waals surface area contributed by atoms with Crippen molar-refractivity contribution in [1.29, 1.82) is 0 Å². The molecule has 0 N–H and O–H groups in total. The van der Waals surface area contributed by atoms with E-state index in [9.17, 15) is 9.59 Å². The number of methoxy groups -OCH3 is 2. The summed E-state index contributed by atoms with van der Waals surface area (Å²) in [5.41, 5.74) is -0.347. The summed E-state index contributed by atoms with van der Waals surface area (Å²) < 4.78 is 9.32. The standard InChI is InChI=1S/C10H16O4/c1-10(2)6(8(11)13-3)5-7(10)9(12)14-4/h6-7H,5H2,1-4H3. The molecule has 4 heteroatoms. The zero-order chi connectivity index (χ0) is 10.9. The molecule has 1 aliphatic rings. The van der Waals surface area contributed by atoms with E-state index in [0.29, 0.717) is 6.42 Å². The van der Waals surface area contributed by atoms with Crippen molar-refractivity contribution in [2.24, 2.45) is 17.3 Å². The van der Waals surface area contributed by atoms with Gasteiger partial charge >= 0.3 is 11.9 Å². The van der Waals surface area contributed by atoms with Gasteiger partial charge < -0.3 is 9.47 Å². The predicted octanol–water partition coefficient (Wildman–Crippen LogP) is 0.995. The molecular formula is C10H16O4. The fourth-order valence-corrected chi connectivity index (χ4v) is 2.01. The molecule has 2 atom stereocenters. The molecule has 1 fully saturated rings. The lowest BCUT2D eigenvalue weighted by Gasteiger charge is -2.48. The van der Waals surface area contributed by atoms with Crippen LogP contribution in [0.3, 0.4) is 0 Å². The molecule has 0 radical (unpaired) electrons. The Morgan fingerprint density at radius 2 is 1.43 bits per heavy atom. The average Bonchev–Trinajstić information content (AvgIpc) is 2.15. The first-order valence-electron chi connectivity index (χ1n) is 4.60. The van der Waals surface area contributed by atoms with Gasteiger partial charge in [0.1, 0.15) is 0 Å². The molecule has 0 aliphatic heterocycles. The number of esters is 2. The van der Waals surface area contributed by atoms with Crippen LogP contribution in [0.2, 0.25) is 0 Å². The lowest BCUT2D eigenvalue weighted by molar-refractivity contribution is -0.175. The Morgan fingerprint density at radius 1 is 1.07 bits per heavy atom. The van der Waals surface area contributed by atoms with Gasteiger partial charge in [0, 0.05) is 0 Å². The number of hydrogen-bond acceptors (Lipinski definition) is 4. The minimum Gasteiger partial charge on any atom is -0.469 e. The highest BCUT2D eigenvalue weighted by molar-refractivity contribution is 5.81. The van der Waals surface area contributed by atoms with Crippen molar-refractivity contribution in [3.05, 3.63) is 0 Å². The summed E-state index contributed by atoms with van der Waals surface area (Å²) in [7, 11) is 2.73. The zero-order valence-corrected chi connectivity index (χ0v) is 8.99. The molecule has 80 valence electrons. The van der Waals surface area contributed by atoms with Crippen molar-refractivity contribution in [3.8, 4) is 0 Å². The largest absolute Gasteiger partial charge is 0.469 e. The Hall–Kier alpha value is -1.06. The van der Waals surface area contributed by atoms with Crippen molar-refractivity contribution in [2.45, 2.75) is 20.3 Å². The van der Waals surface area contributed by atoms with Gasteiger partial charge in [-0.3, -0.25) is 9.59 Å². The maximum atomic E-state index is 11.3. The van der Waals surface area contributed by atoms with Gasteiger partial charge in [0.25, 0.3) is 0 Å². The second-order valence-electron chi connectivity index (χ2n) is 4.21.